The van der Waals surface area contributed by atoms with Gasteiger partial charge in [-0.05, 0) is 75.6 Å². The van der Waals surface area contributed by atoms with Crippen molar-refractivity contribution in [2.75, 3.05) is 45.2 Å². The molecule has 2 fully saturated rings. The average Bonchev–Trinajstić information content (AvgIpc) is 3.22. The number of fused-ring (bicyclic) bond motifs is 2. The van der Waals surface area contributed by atoms with Gasteiger partial charge in [-0.3, -0.25) is 4.98 Å². The molecule has 0 radical (unpaired) electrons. The lowest BCUT2D eigenvalue weighted by molar-refractivity contribution is 0.126. The van der Waals surface area contributed by atoms with Gasteiger partial charge in [-0.2, -0.15) is 0 Å². The van der Waals surface area contributed by atoms with Crippen LogP contribution in [0.4, 0.5) is 5.69 Å². The Labute approximate surface area is 186 Å². The van der Waals surface area contributed by atoms with Gasteiger partial charge in [-0.25, -0.2) is 0 Å². The standard InChI is InChI=1S/C26H37N3O2/c1-26(2,16-29-11-4-5-12-29)17-31-24-14-22-20(13-23(24)30-3)25(27-15-18-9-10-18)19-7-6-8-21(19)28-22/h13-14,18H,4-12,15-17H2,1-3H3,(H,27,28). The number of nitrogens with zero attached hydrogens (tertiary/aromatic N) is 2. The Morgan fingerprint density at radius 1 is 1.10 bits per heavy atom. The zero-order valence-electron chi connectivity index (χ0n) is 19.4. The Bertz CT molecular complexity index is 946. The first kappa shape index (κ1) is 20.9. The highest BCUT2D eigenvalue weighted by Gasteiger charge is 2.27. The number of pyridine rings is 1. The summed E-state index contributed by atoms with van der Waals surface area (Å²) in [5.41, 5.74) is 5.06. The topological polar surface area (TPSA) is 46.6 Å². The maximum Gasteiger partial charge on any atom is 0.163 e. The van der Waals surface area contributed by atoms with Crippen LogP contribution in [0.3, 0.4) is 0 Å². The maximum atomic E-state index is 6.37. The maximum absolute atomic E-state index is 6.37. The third-order valence-corrected chi connectivity index (χ3v) is 7.03. The van der Waals surface area contributed by atoms with Crippen LogP contribution in [0.1, 0.15) is 57.2 Å². The predicted molar refractivity (Wildman–Crippen MR) is 126 cm³/mol. The highest BCUT2D eigenvalue weighted by atomic mass is 16.5. The molecule has 0 atom stereocenters. The first-order valence-electron chi connectivity index (χ1n) is 12.1. The molecule has 0 unspecified atom stereocenters. The summed E-state index contributed by atoms with van der Waals surface area (Å²) < 4.78 is 12.1. The minimum Gasteiger partial charge on any atom is -0.493 e. The van der Waals surface area contributed by atoms with Crippen molar-refractivity contribution in [2.24, 2.45) is 11.3 Å². The van der Waals surface area contributed by atoms with Gasteiger partial charge in [-0.15, -0.1) is 0 Å². The second-order valence-electron chi connectivity index (χ2n) is 10.5. The lowest BCUT2D eigenvalue weighted by atomic mass is 9.94. The molecule has 5 rings (SSSR count). The largest absolute Gasteiger partial charge is 0.493 e. The summed E-state index contributed by atoms with van der Waals surface area (Å²) in [6, 6.07) is 4.24. The highest BCUT2D eigenvalue weighted by molar-refractivity contribution is 5.96. The summed E-state index contributed by atoms with van der Waals surface area (Å²) in [6.07, 6.45) is 8.75. The van der Waals surface area contributed by atoms with Crippen molar-refractivity contribution in [2.45, 2.75) is 58.8 Å². The Balaban J connectivity index is 1.41. The van der Waals surface area contributed by atoms with Crippen LogP contribution in [0.5, 0.6) is 11.5 Å². The van der Waals surface area contributed by atoms with Gasteiger partial charge in [0, 0.05) is 41.3 Å². The molecule has 0 bridgehead atoms. The zero-order valence-corrected chi connectivity index (χ0v) is 19.4. The number of aromatic nitrogens is 1. The summed E-state index contributed by atoms with van der Waals surface area (Å²) in [6.45, 7) is 9.83. The van der Waals surface area contributed by atoms with Crippen LogP contribution >= 0.6 is 0 Å². The minimum atomic E-state index is 0.0899. The van der Waals surface area contributed by atoms with Crippen LogP contribution in [-0.2, 0) is 12.8 Å². The molecule has 2 aliphatic carbocycles. The minimum absolute atomic E-state index is 0.0899. The fraction of sp³-hybridized carbons (Fsp3) is 0.654. The quantitative estimate of drug-likeness (QED) is 0.611. The molecular weight excluding hydrogens is 386 g/mol. The number of methoxy groups -OCH3 is 1. The molecule has 0 amide bonds. The monoisotopic (exact) mass is 423 g/mol. The Kier molecular flexibility index (Phi) is 5.72. The van der Waals surface area contributed by atoms with E-state index in [1.165, 1.54) is 67.5 Å². The molecule has 2 heterocycles. The van der Waals surface area contributed by atoms with Crippen LogP contribution in [0.15, 0.2) is 12.1 Å². The molecule has 5 nitrogen and oxygen atoms in total. The number of hydrogen-bond acceptors (Lipinski definition) is 5. The van der Waals surface area contributed by atoms with E-state index in [9.17, 15) is 0 Å². The molecule has 0 spiro atoms. The average molecular weight is 424 g/mol. The van der Waals surface area contributed by atoms with Crippen LogP contribution in [0.2, 0.25) is 0 Å². The number of benzene rings is 1. The van der Waals surface area contributed by atoms with Crippen molar-refractivity contribution in [1.29, 1.82) is 0 Å². The van der Waals surface area contributed by atoms with Gasteiger partial charge in [0.05, 0.1) is 19.2 Å². The van der Waals surface area contributed by atoms with E-state index in [4.69, 9.17) is 14.5 Å². The molecule has 1 N–H and O–H groups in total. The van der Waals surface area contributed by atoms with Gasteiger partial charge in [0.15, 0.2) is 11.5 Å². The van der Waals surface area contributed by atoms with E-state index in [0.717, 1.165) is 48.9 Å². The van der Waals surface area contributed by atoms with E-state index in [-0.39, 0.29) is 5.41 Å². The first-order valence-corrected chi connectivity index (χ1v) is 12.1. The summed E-state index contributed by atoms with van der Waals surface area (Å²) >= 11 is 0. The Morgan fingerprint density at radius 2 is 1.90 bits per heavy atom. The van der Waals surface area contributed by atoms with E-state index < -0.39 is 0 Å². The fourth-order valence-corrected chi connectivity index (χ4v) is 5.18. The molecule has 1 saturated heterocycles. The van der Waals surface area contributed by atoms with E-state index >= 15 is 0 Å². The van der Waals surface area contributed by atoms with Crippen molar-refractivity contribution in [3.8, 4) is 11.5 Å². The third-order valence-electron chi connectivity index (χ3n) is 7.03. The zero-order chi connectivity index (χ0) is 21.4. The summed E-state index contributed by atoms with van der Waals surface area (Å²) in [4.78, 5) is 7.60. The Hall–Kier alpha value is -2.01. The van der Waals surface area contributed by atoms with Crippen molar-refractivity contribution >= 4 is 16.6 Å². The molecule has 5 heteroatoms. The second-order valence-corrected chi connectivity index (χ2v) is 10.5. The highest BCUT2D eigenvalue weighted by Crippen LogP contribution is 2.41. The number of likely N-dealkylation sites (tertiary alicyclic amines) is 1. The van der Waals surface area contributed by atoms with Gasteiger partial charge < -0.3 is 19.7 Å². The Morgan fingerprint density at radius 3 is 2.65 bits per heavy atom. The molecule has 1 saturated carbocycles. The second kappa shape index (κ2) is 8.50. The number of ether oxygens (including phenoxy) is 2. The van der Waals surface area contributed by atoms with Crippen LogP contribution in [0.25, 0.3) is 10.9 Å². The van der Waals surface area contributed by atoms with Gasteiger partial charge >= 0.3 is 0 Å². The molecule has 168 valence electrons. The molecule has 31 heavy (non-hydrogen) atoms. The van der Waals surface area contributed by atoms with Crippen LogP contribution in [-0.4, -0.2) is 49.8 Å². The molecule has 1 aromatic carbocycles. The number of aryl methyl sites for hydroxylation is 1. The van der Waals surface area contributed by atoms with E-state index in [1.807, 2.05) is 0 Å². The smallest absolute Gasteiger partial charge is 0.163 e. The fourth-order valence-electron chi connectivity index (χ4n) is 5.18. The third kappa shape index (κ3) is 4.62. The van der Waals surface area contributed by atoms with Crippen molar-refractivity contribution in [3.63, 3.8) is 0 Å². The summed E-state index contributed by atoms with van der Waals surface area (Å²) in [5.74, 6) is 2.45. The molecule has 1 aromatic heterocycles. The van der Waals surface area contributed by atoms with E-state index in [2.05, 4.69) is 36.2 Å². The lowest BCUT2D eigenvalue weighted by Crippen LogP contribution is -2.36. The molecular formula is C26H37N3O2. The SMILES string of the molecule is COc1cc2c(NCC3CC3)c3c(nc2cc1OCC(C)(C)CN1CCCC1)CCC3. The van der Waals surface area contributed by atoms with Gasteiger partial charge in [0.2, 0.25) is 0 Å². The van der Waals surface area contributed by atoms with Crippen molar-refractivity contribution < 1.29 is 9.47 Å². The van der Waals surface area contributed by atoms with Gasteiger partial charge in [0.25, 0.3) is 0 Å². The molecule has 3 aliphatic rings. The van der Waals surface area contributed by atoms with Gasteiger partial charge in [0.1, 0.15) is 0 Å². The van der Waals surface area contributed by atoms with Crippen LogP contribution < -0.4 is 14.8 Å². The number of nitrogens with one attached hydrogen (secondary N) is 1. The lowest BCUT2D eigenvalue weighted by Gasteiger charge is -2.30. The van der Waals surface area contributed by atoms with Crippen molar-refractivity contribution in [1.82, 2.24) is 9.88 Å². The first-order chi connectivity index (χ1) is 15.0. The normalized spacial score (nSPS) is 19.1. The predicted octanol–water partition coefficient (Wildman–Crippen LogP) is 5.05. The number of hydrogen-bond donors (Lipinski definition) is 1. The number of anilines is 1. The van der Waals surface area contributed by atoms with Crippen LogP contribution in [0, 0.1) is 11.3 Å². The number of rotatable bonds is 9. The van der Waals surface area contributed by atoms with Gasteiger partial charge in [-0.1, -0.05) is 13.8 Å². The van der Waals surface area contributed by atoms with Crippen molar-refractivity contribution in [3.05, 3.63) is 23.4 Å². The summed E-state index contributed by atoms with van der Waals surface area (Å²) in [7, 11) is 1.74. The molecule has 2 aromatic rings. The van der Waals surface area contributed by atoms with E-state index in [0.29, 0.717) is 6.61 Å². The summed E-state index contributed by atoms with van der Waals surface area (Å²) in [5, 5.41) is 4.94. The molecule has 1 aliphatic heterocycles. The van der Waals surface area contributed by atoms with E-state index in [1.54, 1.807) is 7.11 Å².